The molecular weight excluding hydrogens is 309 g/mol. The van der Waals surface area contributed by atoms with Gasteiger partial charge in [-0.25, -0.2) is 16.8 Å². The van der Waals surface area contributed by atoms with Gasteiger partial charge in [-0.2, -0.15) is 3.71 Å². The molecule has 0 atom stereocenters. The molecule has 0 bridgehead atoms. The molecular formula is C8H9Cl2NO4S2. The second kappa shape index (κ2) is 5.43. The van der Waals surface area contributed by atoms with Gasteiger partial charge < -0.3 is 0 Å². The minimum atomic E-state index is -4.16. The van der Waals surface area contributed by atoms with E-state index in [9.17, 15) is 16.8 Å². The molecule has 0 aliphatic heterocycles. The van der Waals surface area contributed by atoms with Crippen LogP contribution < -0.4 is 3.71 Å². The van der Waals surface area contributed by atoms with E-state index in [0.29, 0.717) is 0 Å². The van der Waals surface area contributed by atoms with Gasteiger partial charge in [0.15, 0.2) is 0 Å². The number of nitrogens with zero attached hydrogens (tertiary/aromatic N) is 1. The van der Waals surface area contributed by atoms with Crippen molar-refractivity contribution in [2.24, 2.45) is 0 Å². The number of rotatable bonds is 5. The molecule has 0 aliphatic rings. The quantitative estimate of drug-likeness (QED) is 0.772. The Kier molecular flexibility index (Phi) is 4.65. The maximum absolute atomic E-state index is 11.7. The molecule has 0 radical (unpaired) electrons. The molecule has 0 saturated carbocycles. The molecule has 0 spiro atoms. The first-order valence-electron chi connectivity index (χ1n) is 4.28. The van der Waals surface area contributed by atoms with Gasteiger partial charge in [-0.15, -0.1) is 23.2 Å². The molecule has 0 heterocycles. The van der Waals surface area contributed by atoms with Crippen LogP contribution in [0.15, 0.2) is 30.3 Å². The lowest BCUT2D eigenvalue weighted by molar-refractivity contribution is 0.589. The smallest absolute Gasteiger partial charge is 0.204 e. The van der Waals surface area contributed by atoms with Gasteiger partial charge in [0.25, 0.3) is 20.0 Å². The normalized spacial score (nSPS) is 12.4. The minimum Gasteiger partial charge on any atom is -0.204 e. The molecule has 0 N–H and O–H groups in total. The van der Waals surface area contributed by atoms with E-state index in [1.165, 1.54) is 24.3 Å². The van der Waals surface area contributed by atoms with Crippen LogP contribution in [0.1, 0.15) is 0 Å². The van der Waals surface area contributed by atoms with Crippen molar-refractivity contribution in [3.63, 3.8) is 0 Å². The second-order valence-electron chi connectivity index (χ2n) is 2.97. The van der Waals surface area contributed by atoms with Crippen molar-refractivity contribution in [2.45, 2.75) is 0 Å². The van der Waals surface area contributed by atoms with Crippen molar-refractivity contribution in [1.82, 2.24) is 0 Å². The highest BCUT2D eigenvalue weighted by atomic mass is 35.5. The topological polar surface area (TPSA) is 71.5 Å². The van der Waals surface area contributed by atoms with Crippen LogP contribution in [0.3, 0.4) is 0 Å². The summed E-state index contributed by atoms with van der Waals surface area (Å²) in [5.74, 6) is 0. The van der Waals surface area contributed by atoms with Gasteiger partial charge in [0.1, 0.15) is 10.4 Å². The van der Waals surface area contributed by atoms with E-state index >= 15 is 0 Å². The Balaban J connectivity index is 3.44. The summed E-state index contributed by atoms with van der Waals surface area (Å²) in [6.45, 7) is 0. The highest BCUT2D eigenvalue weighted by molar-refractivity contribution is 8.11. The molecule has 0 aromatic heterocycles. The standard InChI is InChI=1S/C8H9Cl2NO4S2/c9-6-16(12,13)11(17(14,15)7-10)8-4-2-1-3-5-8/h1-5H,6-7H2. The number of sulfonamides is 2. The van der Waals surface area contributed by atoms with E-state index in [1.807, 2.05) is 0 Å². The van der Waals surface area contributed by atoms with Crippen LogP contribution in [-0.4, -0.2) is 27.3 Å². The van der Waals surface area contributed by atoms with Crippen LogP contribution in [-0.2, 0) is 20.0 Å². The lowest BCUT2D eigenvalue weighted by Crippen LogP contribution is -2.38. The van der Waals surface area contributed by atoms with Crippen LogP contribution >= 0.6 is 23.2 Å². The Bertz CT molecular complexity index is 537. The zero-order valence-corrected chi connectivity index (χ0v) is 11.6. The Hall–Kier alpha value is -0.500. The molecule has 0 amide bonds. The summed E-state index contributed by atoms with van der Waals surface area (Å²) in [5, 5.41) is -1.70. The van der Waals surface area contributed by atoms with Crippen molar-refractivity contribution in [1.29, 1.82) is 0 Å². The van der Waals surface area contributed by atoms with Gasteiger partial charge in [-0.1, -0.05) is 18.2 Å². The van der Waals surface area contributed by atoms with Gasteiger partial charge in [0, 0.05) is 0 Å². The van der Waals surface area contributed by atoms with Crippen molar-refractivity contribution in [2.75, 3.05) is 14.1 Å². The van der Waals surface area contributed by atoms with Crippen molar-refractivity contribution < 1.29 is 16.8 Å². The third-order valence-electron chi connectivity index (χ3n) is 1.75. The average Bonchev–Trinajstić information content (AvgIpc) is 2.30. The molecule has 5 nitrogen and oxygen atoms in total. The fraction of sp³-hybridized carbons (Fsp3) is 0.250. The SMILES string of the molecule is O=S(=O)(CCl)N(c1ccccc1)S(=O)(=O)CCl. The maximum atomic E-state index is 11.7. The maximum Gasteiger partial charge on any atom is 0.262 e. The van der Waals surface area contributed by atoms with Gasteiger partial charge in [-0.3, -0.25) is 0 Å². The number of hydrogen-bond acceptors (Lipinski definition) is 4. The first kappa shape index (κ1) is 14.6. The van der Waals surface area contributed by atoms with Crippen LogP contribution in [0, 0.1) is 0 Å². The molecule has 0 saturated heterocycles. The highest BCUT2D eigenvalue weighted by Crippen LogP contribution is 2.23. The van der Waals surface area contributed by atoms with E-state index in [-0.39, 0.29) is 9.40 Å². The third-order valence-corrected chi connectivity index (χ3v) is 6.75. The summed E-state index contributed by atoms with van der Waals surface area (Å²) in [4.78, 5) is 0. The minimum absolute atomic E-state index is 0.0196. The van der Waals surface area contributed by atoms with Crippen LogP contribution in [0.4, 0.5) is 5.69 Å². The zero-order valence-electron chi connectivity index (χ0n) is 8.45. The summed E-state index contributed by atoms with van der Waals surface area (Å²) >= 11 is 10.5. The monoisotopic (exact) mass is 317 g/mol. The van der Waals surface area contributed by atoms with E-state index in [4.69, 9.17) is 23.2 Å². The molecule has 17 heavy (non-hydrogen) atoms. The molecule has 9 heteroatoms. The zero-order chi connectivity index (χ0) is 13.1. The second-order valence-corrected chi connectivity index (χ2v) is 8.01. The molecule has 1 aromatic rings. The Morgan fingerprint density at radius 1 is 0.882 bits per heavy atom. The summed E-state index contributed by atoms with van der Waals surface area (Å²) in [7, 11) is -8.31. The largest absolute Gasteiger partial charge is 0.262 e. The molecule has 0 unspecified atom stereocenters. The van der Waals surface area contributed by atoms with Crippen LogP contribution in [0.5, 0.6) is 0 Å². The first-order valence-corrected chi connectivity index (χ1v) is 8.57. The van der Waals surface area contributed by atoms with E-state index < -0.39 is 30.5 Å². The molecule has 1 rings (SSSR count). The van der Waals surface area contributed by atoms with Crippen molar-refractivity contribution >= 4 is 48.9 Å². The van der Waals surface area contributed by atoms with Crippen molar-refractivity contribution in [3.8, 4) is 0 Å². The van der Waals surface area contributed by atoms with Gasteiger partial charge in [0.2, 0.25) is 0 Å². The lowest BCUT2D eigenvalue weighted by atomic mass is 10.3. The number of halogens is 2. The molecule has 96 valence electrons. The van der Waals surface area contributed by atoms with Gasteiger partial charge in [0.05, 0.1) is 5.69 Å². The predicted octanol–water partition coefficient (Wildman–Crippen LogP) is 1.55. The van der Waals surface area contributed by atoms with Crippen LogP contribution in [0.25, 0.3) is 0 Å². The van der Waals surface area contributed by atoms with E-state index in [2.05, 4.69) is 0 Å². The fourth-order valence-electron chi connectivity index (χ4n) is 1.13. The number of anilines is 1. The van der Waals surface area contributed by atoms with Gasteiger partial charge in [-0.05, 0) is 12.1 Å². The number of hydrogen-bond donors (Lipinski definition) is 0. The molecule has 0 fully saturated rings. The van der Waals surface area contributed by atoms with Crippen LogP contribution in [0.2, 0.25) is 0 Å². The number of benzene rings is 1. The van der Waals surface area contributed by atoms with Crippen molar-refractivity contribution in [3.05, 3.63) is 30.3 Å². The highest BCUT2D eigenvalue weighted by Gasteiger charge is 2.32. The average molecular weight is 318 g/mol. The Labute approximate surface area is 110 Å². The molecule has 1 aromatic carbocycles. The number of para-hydroxylation sites is 1. The first-order chi connectivity index (χ1) is 7.85. The summed E-state index contributed by atoms with van der Waals surface area (Å²) in [6.07, 6.45) is 0. The fourth-order valence-corrected chi connectivity index (χ4v) is 4.83. The summed E-state index contributed by atoms with van der Waals surface area (Å²) in [5.41, 5.74) is -0.0196. The predicted molar refractivity (Wildman–Crippen MR) is 68.2 cm³/mol. The number of alkyl halides is 2. The lowest BCUT2D eigenvalue weighted by Gasteiger charge is -2.21. The summed E-state index contributed by atoms with van der Waals surface area (Å²) in [6, 6.07) is 7.33. The van der Waals surface area contributed by atoms with E-state index in [1.54, 1.807) is 6.07 Å². The van der Waals surface area contributed by atoms with Gasteiger partial charge >= 0.3 is 0 Å². The molecule has 0 aliphatic carbocycles. The Morgan fingerprint density at radius 2 is 1.29 bits per heavy atom. The third kappa shape index (κ3) is 3.25. The Morgan fingerprint density at radius 3 is 1.65 bits per heavy atom. The van der Waals surface area contributed by atoms with E-state index in [0.717, 1.165) is 0 Å². The summed E-state index contributed by atoms with van der Waals surface area (Å²) < 4.78 is 46.9.